The maximum absolute atomic E-state index is 13.3. The molecular formula is C12H11BrFNO4. The largest absolute Gasteiger partial charge is 0.491 e. The molecule has 2 unspecified atom stereocenters. The maximum Gasteiger partial charge on any atom is 0.315 e. The molecule has 0 saturated carbocycles. The van der Waals surface area contributed by atoms with E-state index in [0.717, 1.165) is 0 Å². The Bertz CT molecular complexity index is 549. The van der Waals surface area contributed by atoms with Crippen LogP contribution in [0.15, 0.2) is 16.6 Å². The van der Waals surface area contributed by atoms with Gasteiger partial charge in [-0.25, -0.2) is 4.39 Å². The average molecular weight is 332 g/mol. The first-order valence-corrected chi connectivity index (χ1v) is 6.34. The van der Waals surface area contributed by atoms with E-state index in [1.165, 1.54) is 19.1 Å². The highest BCUT2D eigenvalue weighted by Crippen LogP contribution is 2.36. The second-order valence-electron chi connectivity index (χ2n) is 4.24. The third-order valence-corrected chi connectivity index (χ3v) is 3.52. The van der Waals surface area contributed by atoms with E-state index in [0.29, 0.717) is 11.3 Å². The number of fused-ring (bicyclic) bond motifs is 1. The van der Waals surface area contributed by atoms with Crippen LogP contribution >= 0.6 is 15.9 Å². The summed E-state index contributed by atoms with van der Waals surface area (Å²) in [6.07, 6.45) is 0. The van der Waals surface area contributed by atoms with Gasteiger partial charge in [-0.05, 0) is 28.9 Å². The number of rotatable bonds is 3. The Morgan fingerprint density at radius 1 is 1.58 bits per heavy atom. The van der Waals surface area contributed by atoms with Crippen LogP contribution in [0, 0.1) is 11.7 Å². The van der Waals surface area contributed by atoms with Gasteiger partial charge in [0.2, 0.25) is 5.91 Å². The summed E-state index contributed by atoms with van der Waals surface area (Å²) in [5, 5.41) is 11.3. The highest BCUT2D eigenvalue weighted by molar-refractivity contribution is 9.10. The third-order valence-electron chi connectivity index (χ3n) is 2.91. The number of carbonyl (C=O) groups excluding carboxylic acids is 1. The van der Waals surface area contributed by atoms with E-state index in [1.54, 1.807) is 0 Å². The van der Waals surface area contributed by atoms with E-state index < -0.39 is 29.7 Å². The standard InChI is InChI=1S/C12H11BrFNO4/c1-5(12(17)18)11(16)15-9-4-19-10-3-8(14)7(13)2-6(9)10/h2-3,5,9H,4H2,1H3,(H,15,16)(H,17,18). The molecule has 1 heterocycles. The molecule has 19 heavy (non-hydrogen) atoms. The third kappa shape index (κ3) is 2.70. The maximum atomic E-state index is 13.3. The van der Waals surface area contributed by atoms with Crippen molar-refractivity contribution in [2.45, 2.75) is 13.0 Å². The molecule has 1 amide bonds. The molecular weight excluding hydrogens is 321 g/mol. The van der Waals surface area contributed by atoms with Gasteiger partial charge in [0.15, 0.2) is 0 Å². The molecule has 2 N–H and O–H groups in total. The summed E-state index contributed by atoms with van der Waals surface area (Å²) in [5.74, 6) is -3.04. The lowest BCUT2D eigenvalue weighted by Gasteiger charge is -2.14. The minimum Gasteiger partial charge on any atom is -0.491 e. The lowest BCUT2D eigenvalue weighted by molar-refractivity contribution is -0.146. The van der Waals surface area contributed by atoms with Gasteiger partial charge in [0.1, 0.15) is 24.1 Å². The van der Waals surface area contributed by atoms with Crippen molar-refractivity contribution in [1.82, 2.24) is 5.32 Å². The van der Waals surface area contributed by atoms with Crippen molar-refractivity contribution in [2.24, 2.45) is 5.92 Å². The molecule has 0 aliphatic carbocycles. The van der Waals surface area contributed by atoms with E-state index in [9.17, 15) is 14.0 Å². The molecule has 0 aromatic heterocycles. The Balaban J connectivity index is 2.17. The van der Waals surface area contributed by atoms with E-state index in [-0.39, 0.29) is 11.1 Å². The second kappa shape index (κ2) is 5.16. The van der Waals surface area contributed by atoms with E-state index in [4.69, 9.17) is 9.84 Å². The normalized spacial score (nSPS) is 18.4. The Labute approximate surface area is 116 Å². The molecule has 102 valence electrons. The molecule has 1 aromatic rings. The van der Waals surface area contributed by atoms with Gasteiger partial charge >= 0.3 is 5.97 Å². The van der Waals surface area contributed by atoms with Crippen LogP contribution in [0.4, 0.5) is 4.39 Å². The van der Waals surface area contributed by atoms with E-state index >= 15 is 0 Å². The van der Waals surface area contributed by atoms with Crippen molar-refractivity contribution < 1.29 is 23.8 Å². The molecule has 0 saturated heterocycles. The van der Waals surface area contributed by atoms with Crippen molar-refractivity contribution in [1.29, 1.82) is 0 Å². The minimum atomic E-state index is -1.20. The fraction of sp³-hybridized carbons (Fsp3) is 0.333. The summed E-state index contributed by atoms with van der Waals surface area (Å²) in [4.78, 5) is 22.4. The monoisotopic (exact) mass is 331 g/mol. The summed E-state index contributed by atoms with van der Waals surface area (Å²) in [6.45, 7) is 1.46. The number of aliphatic carboxylic acids is 1. The summed E-state index contributed by atoms with van der Waals surface area (Å²) >= 11 is 3.06. The zero-order valence-corrected chi connectivity index (χ0v) is 11.5. The lowest BCUT2D eigenvalue weighted by Crippen LogP contribution is -2.36. The van der Waals surface area contributed by atoms with Crippen LogP contribution in [0.2, 0.25) is 0 Å². The second-order valence-corrected chi connectivity index (χ2v) is 5.09. The van der Waals surface area contributed by atoms with Gasteiger partial charge < -0.3 is 15.2 Å². The highest BCUT2D eigenvalue weighted by atomic mass is 79.9. The number of carboxylic acids is 1. The van der Waals surface area contributed by atoms with Crippen LogP contribution in [0.1, 0.15) is 18.5 Å². The molecule has 1 aliphatic heterocycles. The smallest absolute Gasteiger partial charge is 0.315 e. The average Bonchev–Trinajstić information content (AvgIpc) is 2.71. The number of hydrogen-bond acceptors (Lipinski definition) is 3. The van der Waals surface area contributed by atoms with Gasteiger partial charge in [0.25, 0.3) is 0 Å². The molecule has 1 aliphatic rings. The molecule has 5 nitrogen and oxygen atoms in total. The Morgan fingerprint density at radius 2 is 2.26 bits per heavy atom. The summed E-state index contributed by atoms with van der Waals surface area (Å²) in [5.41, 5.74) is 0.624. The Morgan fingerprint density at radius 3 is 2.89 bits per heavy atom. The molecule has 0 fully saturated rings. The van der Waals surface area contributed by atoms with E-state index in [2.05, 4.69) is 21.2 Å². The molecule has 1 aromatic carbocycles. The topological polar surface area (TPSA) is 75.6 Å². The van der Waals surface area contributed by atoms with Crippen LogP contribution in [-0.4, -0.2) is 23.6 Å². The summed E-state index contributed by atoms with van der Waals surface area (Å²) in [7, 11) is 0. The highest BCUT2D eigenvalue weighted by Gasteiger charge is 2.30. The number of benzene rings is 1. The number of hydrogen-bond donors (Lipinski definition) is 2. The number of nitrogens with one attached hydrogen (secondary N) is 1. The van der Waals surface area contributed by atoms with E-state index in [1.807, 2.05) is 0 Å². The van der Waals surface area contributed by atoms with Gasteiger partial charge in [-0.15, -0.1) is 0 Å². The van der Waals surface area contributed by atoms with Gasteiger partial charge in [0, 0.05) is 11.6 Å². The van der Waals surface area contributed by atoms with Crippen molar-refractivity contribution in [2.75, 3.05) is 6.61 Å². The minimum absolute atomic E-state index is 0.156. The first kappa shape index (κ1) is 13.8. The number of ether oxygens (including phenoxy) is 1. The lowest BCUT2D eigenvalue weighted by atomic mass is 10.1. The molecule has 2 rings (SSSR count). The number of carbonyl (C=O) groups is 2. The van der Waals surface area contributed by atoms with Crippen molar-refractivity contribution in [3.63, 3.8) is 0 Å². The van der Waals surface area contributed by atoms with Gasteiger partial charge in [-0.3, -0.25) is 9.59 Å². The quantitative estimate of drug-likeness (QED) is 0.829. The van der Waals surface area contributed by atoms with Gasteiger partial charge in [-0.2, -0.15) is 0 Å². The van der Waals surface area contributed by atoms with Crippen LogP contribution in [0.25, 0.3) is 0 Å². The molecule has 0 radical (unpaired) electrons. The van der Waals surface area contributed by atoms with Crippen molar-refractivity contribution in [3.05, 3.63) is 28.0 Å². The van der Waals surface area contributed by atoms with Crippen LogP contribution in [0.5, 0.6) is 5.75 Å². The Kier molecular flexibility index (Phi) is 3.75. The fourth-order valence-corrected chi connectivity index (χ4v) is 2.09. The Hall–Kier alpha value is -1.63. The summed E-state index contributed by atoms with van der Waals surface area (Å²) < 4.78 is 18.8. The molecule has 0 spiro atoms. The molecule has 0 bridgehead atoms. The fourth-order valence-electron chi connectivity index (χ4n) is 1.73. The number of halogens is 2. The first-order chi connectivity index (χ1) is 8.90. The van der Waals surface area contributed by atoms with Crippen molar-refractivity contribution in [3.8, 4) is 5.75 Å². The number of carboxylic acid groups (broad SMARTS) is 1. The number of amides is 1. The SMILES string of the molecule is CC(C(=O)O)C(=O)NC1COc2cc(F)c(Br)cc21. The van der Waals surface area contributed by atoms with Crippen LogP contribution < -0.4 is 10.1 Å². The van der Waals surface area contributed by atoms with Crippen LogP contribution in [-0.2, 0) is 9.59 Å². The van der Waals surface area contributed by atoms with Crippen LogP contribution in [0.3, 0.4) is 0 Å². The predicted molar refractivity (Wildman–Crippen MR) is 67.3 cm³/mol. The molecule has 7 heteroatoms. The zero-order chi connectivity index (χ0) is 14.2. The van der Waals surface area contributed by atoms with Gasteiger partial charge in [-0.1, -0.05) is 0 Å². The van der Waals surface area contributed by atoms with Crippen molar-refractivity contribution >= 4 is 27.8 Å². The zero-order valence-electron chi connectivity index (χ0n) is 9.94. The summed E-state index contributed by atoms with van der Waals surface area (Å²) in [6, 6.07) is 2.28. The first-order valence-electron chi connectivity index (χ1n) is 5.55. The predicted octanol–water partition coefficient (Wildman–Crippen LogP) is 1.86. The molecule has 2 atom stereocenters. The van der Waals surface area contributed by atoms with Gasteiger partial charge in [0.05, 0.1) is 10.5 Å².